The van der Waals surface area contributed by atoms with Crippen molar-refractivity contribution in [3.05, 3.63) is 47.3 Å². The summed E-state index contributed by atoms with van der Waals surface area (Å²) in [5, 5.41) is 6.31. The van der Waals surface area contributed by atoms with Crippen LogP contribution >= 0.6 is 0 Å². The molecular formula is C23H32F4N6O. The minimum Gasteiger partial charge on any atom is -0.331 e. The fraction of sp³-hybridized carbons (Fsp3) is 0.609. The molecule has 0 radical (unpaired) electrons. The summed E-state index contributed by atoms with van der Waals surface area (Å²) in [7, 11) is 0. The lowest BCUT2D eigenvalue weighted by atomic mass is 10.1. The Morgan fingerprint density at radius 2 is 1.76 bits per heavy atom. The Bertz CT molecular complexity index is 923. The maximum atomic E-state index is 13.2. The van der Waals surface area contributed by atoms with Crippen LogP contribution in [0.5, 0.6) is 0 Å². The summed E-state index contributed by atoms with van der Waals surface area (Å²) in [6.45, 7) is 6.53. The number of hydrogen-bond donors (Lipinski definition) is 1. The predicted molar refractivity (Wildman–Crippen MR) is 119 cm³/mol. The molecule has 1 atom stereocenters. The molecule has 2 amide bonds. The van der Waals surface area contributed by atoms with Gasteiger partial charge < -0.3 is 10.2 Å². The third-order valence-electron chi connectivity index (χ3n) is 6.12. The summed E-state index contributed by atoms with van der Waals surface area (Å²) in [5.41, 5.74) is 0.998. The number of amides is 2. The van der Waals surface area contributed by atoms with Crippen molar-refractivity contribution in [2.75, 3.05) is 26.2 Å². The number of halogens is 4. The Labute approximate surface area is 197 Å². The predicted octanol–water partition coefficient (Wildman–Crippen LogP) is 4.60. The van der Waals surface area contributed by atoms with Gasteiger partial charge in [-0.1, -0.05) is 38.3 Å². The van der Waals surface area contributed by atoms with E-state index < -0.39 is 12.0 Å². The van der Waals surface area contributed by atoms with E-state index in [0.29, 0.717) is 39.1 Å². The summed E-state index contributed by atoms with van der Waals surface area (Å²) < 4.78 is 53.7. The fourth-order valence-electron chi connectivity index (χ4n) is 4.02. The minimum absolute atomic E-state index is 0.0814. The van der Waals surface area contributed by atoms with Gasteiger partial charge in [-0.3, -0.25) is 4.90 Å². The highest BCUT2D eigenvalue weighted by Crippen LogP contribution is 2.26. The summed E-state index contributed by atoms with van der Waals surface area (Å²) in [6, 6.07) is 6.12. The molecule has 1 aliphatic heterocycles. The van der Waals surface area contributed by atoms with Crippen LogP contribution in [0.1, 0.15) is 62.8 Å². The number of urea groups is 1. The first-order valence-electron chi connectivity index (χ1n) is 11.7. The Morgan fingerprint density at radius 3 is 2.38 bits per heavy atom. The number of hydrogen-bond acceptors (Lipinski definition) is 4. The van der Waals surface area contributed by atoms with E-state index in [1.165, 1.54) is 16.8 Å². The standard InChI is InChI=1S/C23H32F4N6O/c1-3-4-5-6-11-33-20(29-21(30-33)23(25,26)27)16-28-22(34)32-14-12-31(13-15-32)17(2)18-7-9-19(24)10-8-18/h7-10,17H,3-6,11-16H2,1-2H3,(H,28,34). The molecular weight excluding hydrogens is 452 g/mol. The van der Waals surface area contributed by atoms with Gasteiger partial charge >= 0.3 is 12.2 Å². The number of aryl methyl sites for hydroxylation is 1. The third-order valence-corrected chi connectivity index (χ3v) is 6.12. The Balaban J connectivity index is 1.53. The van der Waals surface area contributed by atoms with Gasteiger partial charge in [0.15, 0.2) is 0 Å². The molecule has 7 nitrogen and oxygen atoms in total. The van der Waals surface area contributed by atoms with E-state index in [1.54, 1.807) is 17.0 Å². The van der Waals surface area contributed by atoms with Crippen molar-refractivity contribution in [1.29, 1.82) is 0 Å². The molecule has 1 unspecified atom stereocenters. The monoisotopic (exact) mass is 484 g/mol. The molecule has 0 spiro atoms. The minimum atomic E-state index is -4.63. The maximum Gasteiger partial charge on any atom is 0.453 e. The van der Waals surface area contributed by atoms with Crippen molar-refractivity contribution in [1.82, 2.24) is 29.9 Å². The maximum absolute atomic E-state index is 13.2. The molecule has 3 rings (SSSR count). The molecule has 188 valence electrons. The van der Waals surface area contributed by atoms with Gasteiger partial charge in [-0.25, -0.2) is 18.9 Å². The number of carbonyl (C=O) groups is 1. The van der Waals surface area contributed by atoms with Crippen LogP contribution in [-0.2, 0) is 19.3 Å². The molecule has 0 bridgehead atoms. The highest BCUT2D eigenvalue weighted by Gasteiger charge is 2.37. The Hall–Kier alpha value is -2.69. The van der Waals surface area contributed by atoms with Gasteiger partial charge in [0.25, 0.3) is 5.82 Å². The SMILES string of the molecule is CCCCCCn1nc(C(F)(F)F)nc1CNC(=O)N1CCN(C(C)c2ccc(F)cc2)CC1. The quantitative estimate of drug-likeness (QED) is 0.417. The van der Waals surface area contributed by atoms with Crippen LogP contribution in [0, 0.1) is 5.82 Å². The van der Waals surface area contributed by atoms with Crippen LogP contribution < -0.4 is 5.32 Å². The van der Waals surface area contributed by atoms with E-state index in [-0.39, 0.29) is 30.3 Å². The average molecular weight is 485 g/mol. The van der Waals surface area contributed by atoms with Gasteiger partial charge in [0, 0.05) is 38.8 Å². The second-order valence-electron chi connectivity index (χ2n) is 8.54. The number of alkyl halides is 3. The molecule has 0 aliphatic carbocycles. The van der Waals surface area contributed by atoms with Crippen LogP contribution in [0.15, 0.2) is 24.3 Å². The number of carbonyl (C=O) groups excluding carboxylic acids is 1. The number of aromatic nitrogens is 3. The molecule has 1 aromatic carbocycles. The second-order valence-corrected chi connectivity index (χ2v) is 8.54. The van der Waals surface area contributed by atoms with E-state index in [2.05, 4.69) is 27.2 Å². The molecule has 1 aromatic heterocycles. The van der Waals surface area contributed by atoms with E-state index in [4.69, 9.17) is 0 Å². The average Bonchev–Trinajstić information content (AvgIpc) is 3.24. The molecule has 11 heteroatoms. The third kappa shape index (κ3) is 6.91. The van der Waals surface area contributed by atoms with Crippen molar-refractivity contribution < 1.29 is 22.4 Å². The van der Waals surface area contributed by atoms with Gasteiger partial charge in [0.05, 0.1) is 6.54 Å². The number of benzene rings is 1. The number of nitrogens with zero attached hydrogens (tertiary/aromatic N) is 5. The topological polar surface area (TPSA) is 66.3 Å². The first kappa shape index (κ1) is 25.9. The van der Waals surface area contributed by atoms with Crippen molar-refractivity contribution in [2.24, 2.45) is 0 Å². The van der Waals surface area contributed by atoms with Crippen LogP contribution in [0.2, 0.25) is 0 Å². The summed E-state index contributed by atoms with van der Waals surface area (Å²) in [4.78, 5) is 20.1. The van der Waals surface area contributed by atoms with E-state index in [0.717, 1.165) is 24.8 Å². The zero-order chi connectivity index (χ0) is 24.7. The molecule has 2 aromatic rings. The Kier molecular flexibility index (Phi) is 8.87. The molecule has 1 saturated heterocycles. The molecule has 34 heavy (non-hydrogen) atoms. The van der Waals surface area contributed by atoms with E-state index in [1.807, 2.05) is 6.92 Å². The van der Waals surface area contributed by atoms with Gasteiger partial charge in [0.1, 0.15) is 11.6 Å². The first-order valence-corrected chi connectivity index (χ1v) is 11.7. The zero-order valence-corrected chi connectivity index (χ0v) is 19.6. The highest BCUT2D eigenvalue weighted by atomic mass is 19.4. The van der Waals surface area contributed by atoms with Crippen molar-refractivity contribution in [2.45, 2.75) is 64.8 Å². The van der Waals surface area contributed by atoms with Crippen LogP contribution in [0.3, 0.4) is 0 Å². The molecule has 1 N–H and O–H groups in total. The smallest absolute Gasteiger partial charge is 0.331 e. The van der Waals surface area contributed by atoms with Gasteiger partial charge in [0.2, 0.25) is 0 Å². The van der Waals surface area contributed by atoms with Gasteiger partial charge in [-0.15, -0.1) is 5.10 Å². The summed E-state index contributed by atoms with van der Waals surface area (Å²) in [6.07, 6.45) is -1.03. The first-order chi connectivity index (χ1) is 16.2. The van der Waals surface area contributed by atoms with Gasteiger partial charge in [-0.2, -0.15) is 13.2 Å². The zero-order valence-electron chi connectivity index (χ0n) is 19.6. The fourth-order valence-corrected chi connectivity index (χ4v) is 4.02. The van der Waals surface area contributed by atoms with Crippen molar-refractivity contribution in [3.8, 4) is 0 Å². The number of piperazine rings is 1. The molecule has 1 aliphatic rings. The number of nitrogens with one attached hydrogen (secondary N) is 1. The Morgan fingerprint density at radius 1 is 1.09 bits per heavy atom. The lowest BCUT2D eigenvalue weighted by molar-refractivity contribution is -0.145. The van der Waals surface area contributed by atoms with Gasteiger partial charge in [-0.05, 0) is 31.0 Å². The van der Waals surface area contributed by atoms with Crippen LogP contribution in [-0.4, -0.2) is 56.8 Å². The summed E-state index contributed by atoms with van der Waals surface area (Å²) >= 11 is 0. The summed E-state index contributed by atoms with van der Waals surface area (Å²) in [5.74, 6) is -1.37. The normalized spacial score (nSPS) is 16.0. The van der Waals surface area contributed by atoms with E-state index in [9.17, 15) is 22.4 Å². The van der Waals surface area contributed by atoms with Crippen molar-refractivity contribution in [3.63, 3.8) is 0 Å². The lowest BCUT2D eigenvalue weighted by Gasteiger charge is -2.38. The highest BCUT2D eigenvalue weighted by molar-refractivity contribution is 5.74. The lowest BCUT2D eigenvalue weighted by Crippen LogP contribution is -2.52. The van der Waals surface area contributed by atoms with Crippen LogP contribution in [0.25, 0.3) is 0 Å². The van der Waals surface area contributed by atoms with E-state index >= 15 is 0 Å². The molecule has 1 fully saturated rings. The number of rotatable bonds is 9. The molecule has 2 heterocycles. The second kappa shape index (κ2) is 11.6. The van der Waals surface area contributed by atoms with Crippen LogP contribution in [0.4, 0.5) is 22.4 Å². The number of unbranched alkanes of at least 4 members (excludes halogenated alkanes) is 3. The van der Waals surface area contributed by atoms with Crippen molar-refractivity contribution >= 4 is 6.03 Å². The largest absolute Gasteiger partial charge is 0.453 e. The molecule has 0 saturated carbocycles.